The number of ether oxygens (including phenoxy) is 1. The fourth-order valence-electron chi connectivity index (χ4n) is 4.13. The van der Waals surface area contributed by atoms with Crippen molar-refractivity contribution in [3.05, 3.63) is 59.2 Å². The predicted octanol–water partition coefficient (Wildman–Crippen LogP) is 3.69. The predicted molar refractivity (Wildman–Crippen MR) is 114 cm³/mol. The van der Waals surface area contributed by atoms with E-state index in [0.717, 1.165) is 4.90 Å². The standard InChI is InChI=1S/C24H24N2O5/c1-13(2)20(26-22(29)15-7-5-6-8-16(15)23(26)30)21(28)25-14-9-10-19-17(11-14)18(27)12-24(3,4)31-19/h5-11,13,20H,12H2,1-4H3,(H,25,28). The zero-order valence-electron chi connectivity index (χ0n) is 17.9. The highest BCUT2D eigenvalue weighted by molar-refractivity contribution is 6.23. The van der Waals surface area contributed by atoms with E-state index in [0.29, 0.717) is 28.1 Å². The summed E-state index contributed by atoms with van der Waals surface area (Å²) in [7, 11) is 0. The van der Waals surface area contributed by atoms with E-state index in [9.17, 15) is 19.2 Å². The lowest BCUT2D eigenvalue weighted by Gasteiger charge is -2.32. The average Bonchev–Trinajstić information content (AvgIpc) is 2.93. The van der Waals surface area contributed by atoms with Crippen molar-refractivity contribution in [3.8, 4) is 5.75 Å². The summed E-state index contributed by atoms with van der Waals surface area (Å²) in [4.78, 5) is 52.4. The Kier molecular flexibility index (Phi) is 4.92. The molecule has 0 aliphatic carbocycles. The van der Waals surface area contributed by atoms with Gasteiger partial charge in [-0.1, -0.05) is 26.0 Å². The molecule has 2 heterocycles. The number of anilines is 1. The molecular formula is C24H24N2O5. The molecule has 3 amide bonds. The maximum absolute atomic E-state index is 13.2. The highest BCUT2D eigenvalue weighted by atomic mass is 16.5. The number of amides is 3. The number of benzene rings is 2. The first kappa shape index (κ1) is 20.8. The number of hydrogen-bond donors (Lipinski definition) is 1. The van der Waals surface area contributed by atoms with Gasteiger partial charge < -0.3 is 10.1 Å². The topological polar surface area (TPSA) is 92.8 Å². The number of carbonyl (C=O) groups excluding carboxylic acids is 4. The Morgan fingerprint density at radius 3 is 2.19 bits per heavy atom. The van der Waals surface area contributed by atoms with Crippen LogP contribution in [0, 0.1) is 5.92 Å². The van der Waals surface area contributed by atoms with Gasteiger partial charge in [-0.2, -0.15) is 0 Å². The molecule has 0 bridgehead atoms. The van der Waals surface area contributed by atoms with E-state index >= 15 is 0 Å². The first-order valence-corrected chi connectivity index (χ1v) is 10.2. The SMILES string of the molecule is CC(C)C(C(=O)Nc1ccc2c(c1)C(=O)CC(C)(C)O2)N1C(=O)c2ccccc2C1=O. The third-order valence-corrected chi connectivity index (χ3v) is 5.52. The van der Waals surface area contributed by atoms with Crippen molar-refractivity contribution in [1.82, 2.24) is 4.90 Å². The Morgan fingerprint density at radius 2 is 1.61 bits per heavy atom. The van der Waals surface area contributed by atoms with Gasteiger partial charge in [0.15, 0.2) is 5.78 Å². The van der Waals surface area contributed by atoms with Crippen molar-refractivity contribution in [2.24, 2.45) is 5.92 Å². The third kappa shape index (κ3) is 3.60. The summed E-state index contributed by atoms with van der Waals surface area (Å²) in [5.41, 5.74) is 0.820. The van der Waals surface area contributed by atoms with E-state index in [1.165, 1.54) is 0 Å². The van der Waals surface area contributed by atoms with Gasteiger partial charge in [0.25, 0.3) is 11.8 Å². The molecule has 2 aliphatic heterocycles. The van der Waals surface area contributed by atoms with Crippen LogP contribution in [0.2, 0.25) is 0 Å². The lowest BCUT2D eigenvalue weighted by molar-refractivity contribution is -0.121. The Bertz CT molecular complexity index is 1080. The van der Waals surface area contributed by atoms with Crippen molar-refractivity contribution in [3.63, 3.8) is 0 Å². The summed E-state index contributed by atoms with van der Waals surface area (Å²) >= 11 is 0. The molecule has 0 radical (unpaired) electrons. The number of nitrogens with one attached hydrogen (secondary N) is 1. The molecule has 1 atom stereocenters. The second-order valence-corrected chi connectivity index (χ2v) is 8.88. The molecule has 0 saturated carbocycles. The molecule has 0 saturated heterocycles. The van der Waals surface area contributed by atoms with Crippen LogP contribution in [-0.2, 0) is 4.79 Å². The van der Waals surface area contributed by atoms with Crippen LogP contribution in [0.4, 0.5) is 5.69 Å². The van der Waals surface area contributed by atoms with Gasteiger partial charge in [-0.15, -0.1) is 0 Å². The van der Waals surface area contributed by atoms with Crippen molar-refractivity contribution in [1.29, 1.82) is 0 Å². The highest BCUT2D eigenvalue weighted by Crippen LogP contribution is 2.35. The van der Waals surface area contributed by atoms with Crippen molar-refractivity contribution < 1.29 is 23.9 Å². The van der Waals surface area contributed by atoms with E-state index in [2.05, 4.69) is 5.32 Å². The van der Waals surface area contributed by atoms with E-state index in [1.54, 1.807) is 56.3 Å². The quantitative estimate of drug-likeness (QED) is 0.762. The Balaban J connectivity index is 1.60. The first-order chi connectivity index (χ1) is 14.6. The maximum atomic E-state index is 13.2. The Labute approximate surface area is 180 Å². The maximum Gasteiger partial charge on any atom is 0.262 e. The Hall–Kier alpha value is -3.48. The fourth-order valence-corrected chi connectivity index (χ4v) is 4.13. The summed E-state index contributed by atoms with van der Waals surface area (Å²) in [5, 5.41) is 2.77. The number of imide groups is 1. The number of hydrogen-bond acceptors (Lipinski definition) is 5. The summed E-state index contributed by atoms with van der Waals surface area (Å²) < 4.78 is 5.85. The van der Waals surface area contributed by atoms with E-state index < -0.39 is 29.4 Å². The van der Waals surface area contributed by atoms with Crippen LogP contribution in [0.1, 0.15) is 65.2 Å². The number of Topliss-reactive ketones (excluding diaryl/α,β-unsaturated/α-hetero) is 1. The van der Waals surface area contributed by atoms with Crippen LogP contribution in [-0.4, -0.2) is 40.0 Å². The zero-order valence-corrected chi connectivity index (χ0v) is 17.9. The number of fused-ring (bicyclic) bond motifs is 2. The van der Waals surface area contributed by atoms with E-state index in [4.69, 9.17) is 4.74 Å². The van der Waals surface area contributed by atoms with Gasteiger partial charge in [0.2, 0.25) is 5.91 Å². The number of rotatable bonds is 4. The first-order valence-electron chi connectivity index (χ1n) is 10.2. The normalized spacial score (nSPS) is 17.8. The molecule has 1 unspecified atom stereocenters. The largest absolute Gasteiger partial charge is 0.487 e. The lowest BCUT2D eigenvalue weighted by Crippen LogP contribution is -2.50. The number of ketones is 1. The van der Waals surface area contributed by atoms with Crippen LogP contribution in [0.15, 0.2) is 42.5 Å². The summed E-state index contributed by atoms with van der Waals surface area (Å²) in [6.45, 7) is 7.25. The van der Waals surface area contributed by atoms with Gasteiger partial charge in [0, 0.05) is 5.69 Å². The van der Waals surface area contributed by atoms with Crippen LogP contribution in [0.3, 0.4) is 0 Å². The smallest absolute Gasteiger partial charge is 0.262 e. The minimum absolute atomic E-state index is 0.0666. The minimum atomic E-state index is -0.991. The monoisotopic (exact) mass is 420 g/mol. The third-order valence-electron chi connectivity index (χ3n) is 5.52. The molecule has 7 heteroatoms. The molecule has 160 valence electrons. The molecular weight excluding hydrogens is 396 g/mol. The van der Waals surface area contributed by atoms with Gasteiger partial charge >= 0.3 is 0 Å². The molecule has 2 aromatic rings. The van der Waals surface area contributed by atoms with Gasteiger partial charge in [-0.05, 0) is 50.1 Å². The fraction of sp³-hybridized carbons (Fsp3) is 0.333. The zero-order chi connectivity index (χ0) is 22.5. The van der Waals surface area contributed by atoms with E-state index in [1.807, 2.05) is 13.8 Å². The summed E-state index contributed by atoms with van der Waals surface area (Å²) in [5.74, 6) is -1.36. The lowest BCUT2D eigenvalue weighted by atomic mass is 9.93. The van der Waals surface area contributed by atoms with Crippen LogP contribution in [0.25, 0.3) is 0 Å². The molecule has 0 spiro atoms. The summed E-state index contributed by atoms with van der Waals surface area (Å²) in [6.07, 6.45) is 0.237. The van der Waals surface area contributed by atoms with Crippen molar-refractivity contribution in [2.45, 2.75) is 45.8 Å². The van der Waals surface area contributed by atoms with Crippen LogP contribution in [0.5, 0.6) is 5.75 Å². The molecule has 31 heavy (non-hydrogen) atoms. The molecule has 4 rings (SSSR count). The molecule has 1 N–H and O–H groups in total. The highest BCUT2D eigenvalue weighted by Gasteiger charge is 2.44. The van der Waals surface area contributed by atoms with Crippen molar-refractivity contribution >= 4 is 29.2 Å². The molecule has 2 aliphatic rings. The number of carbonyl (C=O) groups is 4. The van der Waals surface area contributed by atoms with E-state index in [-0.39, 0.29) is 18.1 Å². The van der Waals surface area contributed by atoms with Crippen molar-refractivity contribution in [2.75, 3.05) is 5.32 Å². The van der Waals surface area contributed by atoms with Gasteiger partial charge in [0.1, 0.15) is 17.4 Å². The second kappa shape index (κ2) is 7.34. The van der Waals surface area contributed by atoms with Gasteiger partial charge in [-0.25, -0.2) is 0 Å². The van der Waals surface area contributed by atoms with Gasteiger partial charge in [0.05, 0.1) is 23.1 Å². The molecule has 2 aromatic carbocycles. The molecule has 7 nitrogen and oxygen atoms in total. The average molecular weight is 420 g/mol. The Morgan fingerprint density at radius 1 is 1.00 bits per heavy atom. The summed E-state index contributed by atoms with van der Waals surface area (Å²) in [6, 6.07) is 10.4. The second-order valence-electron chi connectivity index (χ2n) is 8.88. The van der Waals surface area contributed by atoms with Crippen LogP contribution < -0.4 is 10.1 Å². The van der Waals surface area contributed by atoms with Gasteiger partial charge in [-0.3, -0.25) is 24.1 Å². The molecule has 0 fully saturated rings. The molecule has 0 aromatic heterocycles. The minimum Gasteiger partial charge on any atom is -0.487 e. The number of nitrogens with zero attached hydrogens (tertiary/aromatic N) is 1. The van der Waals surface area contributed by atoms with Crippen LogP contribution >= 0.6 is 0 Å².